The molecule has 0 bridgehead atoms. The Hall–Kier alpha value is -0.530. The molecular formula is C13H26O2. The number of rotatable bonds is 2. The van der Waals surface area contributed by atoms with Gasteiger partial charge < -0.3 is 4.74 Å². The molecule has 0 aliphatic heterocycles. The Bertz CT molecular complexity index is 226. The number of ether oxygens (including phenoxy) is 1. The van der Waals surface area contributed by atoms with Gasteiger partial charge >= 0.3 is 5.97 Å². The van der Waals surface area contributed by atoms with Gasteiger partial charge in [-0.2, -0.15) is 0 Å². The van der Waals surface area contributed by atoms with Gasteiger partial charge in [-0.3, -0.25) is 4.79 Å². The molecule has 15 heavy (non-hydrogen) atoms. The van der Waals surface area contributed by atoms with Crippen molar-refractivity contribution in [1.82, 2.24) is 0 Å². The van der Waals surface area contributed by atoms with Crippen LogP contribution in [0.25, 0.3) is 0 Å². The fourth-order valence-electron chi connectivity index (χ4n) is 1.72. The molecule has 0 aliphatic rings. The topological polar surface area (TPSA) is 26.3 Å². The second-order valence-corrected chi connectivity index (χ2v) is 7.14. The van der Waals surface area contributed by atoms with Crippen LogP contribution in [0, 0.1) is 10.8 Å². The molecule has 0 fully saturated rings. The molecule has 90 valence electrons. The summed E-state index contributed by atoms with van der Waals surface area (Å²) in [6, 6.07) is 0. The molecule has 0 saturated carbocycles. The van der Waals surface area contributed by atoms with Crippen molar-refractivity contribution in [3.05, 3.63) is 0 Å². The fourth-order valence-corrected chi connectivity index (χ4v) is 1.72. The summed E-state index contributed by atoms with van der Waals surface area (Å²) < 4.78 is 5.54. The van der Waals surface area contributed by atoms with E-state index in [-0.39, 0.29) is 17.0 Å². The highest BCUT2D eigenvalue weighted by atomic mass is 16.6. The summed E-state index contributed by atoms with van der Waals surface area (Å²) >= 11 is 0. The molecule has 0 aromatic carbocycles. The van der Waals surface area contributed by atoms with E-state index in [4.69, 9.17) is 4.74 Å². The molecule has 0 heterocycles. The third kappa shape index (κ3) is 6.53. The van der Waals surface area contributed by atoms with Gasteiger partial charge in [-0.05, 0) is 46.5 Å². The van der Waals surface area contributed by atoms with Crippen LogP contribution < -0.4 is 0 Å². The minimum atomic E-state index is -0.421. The maximum absolute atomic E-state index is 11.7. The van der Waals surface area contributed by atoms with Crippen LogP contribution in [0.2, 0.25) is 0 Å². The summed E-state index contributed by atoms with van der Waals surface area (Å²) in [6.45, 7) is 16.0. The Balaban J connectivity index is 4.46. The van der Waals surface area contributed by atoms with Crippen LogP contribution in [0.4, 0.5) is 0 Å². The molecule has 0 radical (unpaired) electrons. The van der Waals surface area contributed by atoms with Crippen LogP contribution in [0.15, 0.2) is 0 Å². The van der Waals surface area contributed by atoms with Crippen LogP contribution in [0.3, 0.4) is 0 Å². The lowest BCUT2D eigenvalue weighted by Crippen LogP contribution is -2.37. The molecule has 0 rings (SSSR count). The first-order valence-electron chi connectivity index (χ1n) is 5.57. The number of hydrogen-bond acceptors (Lipinski definition) is 2. The average molecular weight is 214 g/mol. The lowest BCUT2D eigenvalue weighted by atomic mass is 9.83. The highest BCUT2D eigenvalue weighted by molar-refractivity contribution is 5.75. The van der Waals surface area contributed by atoms with E-state index in [0.29, 0.717) is 0 Å². The second kappa shape index (κ2) is 4.15. The van der Waals surface area contributed by atoms with E-state index in [1.807, 2.05) is 34.6 Å². The SMILES string of the molecule is CC(C)(C)CC(C)(C)OC(=O)C(C)(C)C. The first-order valence-corrected chi connectivity index (χ1v) is 5.57. The lowest BCUT2D eigenvalue weighted by molar-refractivity contribution is -0.168. The van der Waals surface area contributed by atoms with Gasteiger partial charge in [-0.25, -0.2) is 0 Å². The van der Waals surface area contributed by atoms with E-state index in [0.717, 1.165) is 6.42 Å². The minimum absolute atomic E-state index is 0.128. The highest BCUT2D eigenvalue weighted by Gasteiger charge is 2.33. The smallest absolute Gasteiger partial charge is 0.311 e. The van der Waals surface area contributed by atoms with Crippen LogP contribution in [-0.2, 0) is 9.53 Å². The van der Waals surface area contributed by atoms with Crippen molar-refractivity contribution in [2.24, 2.45) is 10.8 Å². The van der Waals surface area contributed by atoms with Crippen molar-refractivity contribution in [3.8, 4) is 0 Å². The maximum atomic E-state index is 11.7. The molecule has 0 N–H and O–H groups in total. The van der Waals surface area contributed by atoms with Crippen molar-refractivity contribution in [1.29, 1.82) is 0 Å². The van der Waals surface area contributed by atoms with Gasteiger partial charge in [0.05, 0.1) is 5.41 Å². The van der Waals surface area contributed by atoms with Crippen molar-refractivity contribution in [2.75, 3.05) is 0 Å². The van der Waals surface area contributed by atoms with E-state index in [2.05, 4.69) is 20.8 Å². The third-order valence-electron chi connectivity index (χ3n) is 1.94. The summed E-state index contributed by atoms with van der Waals surface area (Å²) in [6.07, 6.45) is 0.863. The van der Waals surface area contributed by atoms with E-state index < -0.39 is 5.41 Å². The third-order valence-corrected chi connectivity index (χ3v) is 1.94. The zero-order valence-electron chi connectivity index (χ0n) is 11.5. The first kappa shape index (κ1) is 14.5. The normalized spacial score (nSPS) is 13.9. The average Bonchev–Trinajstić information content (AvgIpc) is 1.76. The fraction of sp³-hybridized carbons (Fsp3) is 0.923. The van der Waals surface area contributed by atoms with Gasteiger partial charge in [-0.15, -0.1) is 0 Å². The summed E-state index contributed by atoms with van der Waals surface area (Å²) in [7, 11) is 0. The first-order chi connectivity index (χ1) is 6.33. The Labute approximate surface area is 94.4 Å². The molecule has 0 atom stereocenters. The van der Waals surface area contributed by atoms with Gasteiger partial charge in [0, 0.05) is 0 Å². The Morgan fingerprint density at radius 2 is 1.33 bits per heavy atom. The number of esters is 1. The zero-order valence-corrected chi connectivity index (χ0v) is 11.5. The van der Waals surface area contributed by atoms with Crippen molar-refractivity contribution < 1.29 is 9.53 Å². The van der Waals surface area contributed by atoms with Crippen LogP contribution >= 0.6 is 0 Å². The van der Waals surface area contributed by atoms with Gasteiger partial charge in [-0.1, -0.05) is 20.8 Å². The van der Waals surface area contributed by atoms with E-state index in [9.17, 15) is 4.79 Å². The zero-order chi connectivity index (χ0) is 12.5. The second-order valence-electron chi connectivity index (χ2n) is 7.14. The number of carbonyl (C=O) groups excluding carboxylic acids is 1. The molecule has 0 spiro atoms. The molecule has 0 aliphatic carbocycles. The molecular weight excluding hydrogens is 188 g/mol. The summed E-state index contributed by atoms with van der Waals surface area (Å²) in [5, 5.41) is 0. The monoisotopic (exact) mass is 214 g/mol. The maximum Gasteiger partial charge on any atom is 0.311 e. The van der Waals surface area contributed by atoms with Crippen LogP contribution in [-0.4, -0.2) is 11.6 Å². The molecule has 0 aromatic rings. The van der Waals surface area contributed by atoms with Crippen LogP contribution in [0.1, 0.15) is 61.8 Å². The Morgan fingerprint density at radius 1 is 0.933 bits per heavy atom. The summed E-state index contributed by atoms with van der Waals surface area (Å²) in [4.78, 5) is 11.7. The molecule has 0 unspecified atom stereocenters. The van der Waals surface area contributed by atoms with E-state index in [1.165, 1.54) is 0 Å². The van der Waals surface area contributed by atoms with Gasteiger partial charge in [0.2, 0.25) is 0 Å². The Morgan fingerprint density at radius 3 is 1.60 bits per heavy atom. The lowest BCUT2D eigenvalue weighted by Gasteiger charge is -2.34. The molecule has 0 saturated heterocycles. The molecule has 2 nitrogen and oxygen atoms in total. The molecule has 2 heteroatoms. The van der Waals surface area contributed by atoms with Crippen molar-refractivity contribution in [3.63, 3.8) is 0 Å². The van der Waals surface area contributed by atoms with Crippen LogP contribution in [0.5, 0.6) is 0 Å². The molecule has 0 amide bonds. The quantitative estimate of drug-likeness (QED) is 0.654. The summed E-state index contributed by atoms with van der Waals surface area (Å²) in [5.74, 6) is -0.128. The number of hydrogen-bond donors (Lipinski definition) is 0. The Kier molecular flexibility index (Phi) is 4.00. The van der Waals surface area contributed by atoms with E-state index in [1.54, 1.807) is 0 Å². The number of carbonyl (C=O) groups is 1. The largest absolute Gasteiger partial charge is 0.459 e. The van der Waals surface area contributed by atoms with E-state index >= 15 is 0 Å². The van der Waals surface area contributed by atoms with Gasteiger partial charge in [0.1, 0.15) is 5.60 Å². The minimum Gasteiger partial charge on any atom is -0.459 e. The molecule has 0 aromatic heterocycles. The predicted molar refractivity (Wildman–Crippen MR) is 63.7 cm³/mol. The highest BCUT2D eigenvalue weighted by Crippen LogP contribution is 2.31. The standard InChI is InChI=1S/C13H26O2/c1-11(2,3)9-13(7,8)15-10(14)12(4,5)6/h9H2,1-8H3. The predicted octanol–water partition coefficient (Wildman–Crippen LogP) is 3.79. The van der Waals surface area contributed by atoms with Gasteiger partial charge in [0.25, 0.3) is 0 Å². The summed E-state index contributed by atoms with van der Waals surface area (Å²) in [5.41, 5.74) is -0.639. The van der Waals surface area contributed by atoms with Crippen molar-refractivity contribution in [2.45, 2.75) is 67.4 Å². The van der Waals surface area contributed by atoms with Crippen molar-refractivity contribution >= 4 is 5.97 Å². The van der Waals surface area contributed by atoms with Gasteiger partial charge in [0.15, 0.2) is 0 Å².